The Kier molecular flexibility index (Phi) is 1.34. The number of carbonyl (C=O) groups is 1. The van der Waals surface area contributed by atoms with E-state index in [1.54, 1.807) is 0 Å². The van der Waals surface area contributed by atoms with E-state index in [2.05, 4.69) is 0 Å². The first kappa shape index (κ1) is 5.76. The average molecular weight is 112 g/mol. The number of hydrogen-bond acceptors (Lipinski definition) is 1. The molecule has 0 saturated heterocycles. The van der Waals surface area contributed by atoms with Gasteiger partial charge in [0.2, 0.25) is 0 Å². The maximum Gasteiger partial charge on any atom is 0.148 e. The number of ketones is 1. The summed E-state index contributed by atoms with van der Waals surface area (Å²) in [5, 5.41) is 0. The molecule has 1 aliphatic rings. The van der Waals surface area contributed by atoms with Gasteiger partial charge in [-0.1, -0.05) is 0 Å². The molecule has 2 nitrogen and oxygen atoms in total. The normalized spacial score (nSPS) is 22.8. The molecule has 0 aromatic carbocycles. The monoisotopic (exact) mass is 112 g/mol. The number of Topliss-reactive ketones (excluding diaryl/α,β-unsaturated/α-hetero) is 1. The molecular weight excluding hydrogens is 102 g/mol. The van der Waals surface area contributed by atoms with Crippen molar-refractivity contribution < 1.29 is 4.79 Å². The maximum atomic E-state index is 10.4. The third-order valence-electron chi connectivity index (χ3n) is 1.53. The van der Waals surface area contributed by atoms with E-state index in [-0.39, 0.29) is 5.78 Å². The predicted octanol–water partition coefficient (Wildman–Crippen LogP) is 0.637. The molecule has 8 heavy (non-hydrogen) atoms. The molecule has 2 heteroatoms. The highest BCUT2D eigenvalue weighted by atomic mass is 16.1. The first-order chi connectivity index (χ1) is 3.72. The van der Waals surface area contributed by atoms with Crippen molar-refractivity contribution in [3.63, 3.8) is 0 Å². The second-order valence-electron chi connectivity index (χ2n) is 2.43. The zero-order chi connectivity index (χ0) is 6.15. The fourth-order valence-electron chi connectivity index (χ4n) is 0.761. The fraction of sp³-hybridized carbons (Fsp3) is 0.833. The van der Waals surface area contributed by atoms with E-state index in [0.717, 1.165) is 12.8 Å². The molecule has 0 heterocycles. The highest BCUT2D eigenvalue weighted by Crippen LogP contribution is 2.32. The van der Waals surface area contributed by atoms with Crippen molar-refractivity contribution in [3.05, 3.63) is 0 Å². The zero-order valence-electron chi connectivity index (χ0n) is 4.98. The molecular formula is C6H10NO. The van der Waals surface area contributed by atoms with Gasteiger partial charge in [0.1, 0.15) is 5.78 Å². The van der Waals surface area contributed by atoms with E-state index >= 15 is 0 Å². The minimum absolute atomic E-state index is 0.0208. The summed E-state index contributed by atoms with van der Waals surface area (Å²) in [5.41, 5.74) is 7.19. The van der Waals surface area contributed by atoms with Gasteiger partial charge in [-0.15, -0.1) is 0 Å². The van der Waals surface area contributed by atoms with Crippen LogP contribution in [0.4, 0.5) is 0 Å². The fourth-order valence-corrected chi connectivity index (χ4v) is 0.761. The first-order valence-electron chi connectivity index (χ1n) is 2.93. The van der Waals surface area contributed by atoms with Crippen LogP contribution < -0.4 is 5.73 Å². The van der Waals surface area contributed by atoms with Crippen molar-refractivity contribution in [3.8, 4) is 0 Å². The van der Waals surface area contributed by atoms with Crippen molar-refractivity contribution >= 4 is 5.78 Å². The Bertz CT molecular complexity index is 107. The molecule has 0 bridgehead atoms. The topological polar surface area (TPSA) is 40.9 Å². The smallest absolute Gasteiger partial charge is 0.148 e. The molecule has 1 saturated carbocycles. The molecule has 1 radical (unpaired) electrons. The SMILES string of the molecule is CC(=O)[C@@H]([NH])C1CC1. The van der Waals surface area contributed by atoms with Crippen molar-refractivity contribution in [2.75, 3.05) is 0 Å². The summed E-state index contributed by atoms with van der Waals surface area (Å²) >= 11 is 0. The minimum Gasteiger partial charge on any atom is -0.298 e. The van der Waals surface area contributed by atoms with Gasteiger partial charge in [0.15, 0.2) is 0 Å². The lowest BCUT2D eigenvalue weighted by Crippen LogP contribution is -2.20. The number of carbonyl (C=O) groups excluding carboxylic acids is 1. The van der Waals surface area contributed by atoms with Crippen LogP contribution in [0.2, 0.25) is 0 Å². The Morgan fingerprint density at radius 3 is 2.38 bits per heavy atom. The van der Waals surface area contributed by atoms with Crippen LogP contribution in [0, 0.1) is 5.92 Å². The van der Waals surface area contributed by atoms with E-state index < -0.39 is 6.04 Å². The molecule has 1 aliphatic carbocycles. The standard InChI is InChI=1S/C6H10NO/c1-4(8)6(7)5-2-3-5/h5-7H,2-3H2,1H3/t6-/m1/s1. The Morgan fingerprint density at radius 2 is 2.25 bits per heavy atom. The van der Waals surface area contributed by atoms with Crippen LogP contribution >= 0.6 is 0 Å². The van der Waals surface area contributed by atoms with Crippen LogP contribution in [0.5, 0.6) is 0 Å². The molecule has 1 N–H and O–H groups in total. The summed E-state index contributed by atoms with van der Waals surface area (Å²) < 4.78 is 0. The molecule has 1 fully saturated rings. The first-order valence-corrected chi connectivity index (χ1v) is 2.93. The van der Waals surface area contributed by atoms with Gasteiger partial charge in [-0.2, -0.15) is 0 Å². The number of rotatable bonds is 2. The highest BCUT2D eigenvalue weighted by molar-refractivity contribution is 5.81. The van der Waals surface area contributed by atoms with Crippen LogP contribution in [-0.4, -0.2) is 11.8 Å². The van der Waals surface area contributed by atoms with Gasteiger partial charge < -0.3 is 0 Å². The van der Waals surface area contributed by atoms with Gasteiger partial charge in [-0.05, 0) is 25.7 Å². The van der Waals surface area contributed by atoms with Gasteiger partial charge in [-0.25, -0.2) is 5.73 Å². The van der Waals surface area contributed by atoms with E-state index in [1.165, 1.54) is 6.92 Å². The lowest BCUT2D eigenvalue weighted by molar-refractivity contribution is -0.118. The molecule has 0 unspecified atom stereocenters. The summed E-state index contributed by atoms with van der Waals surface area (Å²) in [6.45, 7) is 1.50. The molecule has 1 rings (SSSR count). The number of hydrogen-bond donors (Lipinski definition) is 0. The van der Waals surface area contributed by atoms with Gasteiger partial charge in [-0.3, -0.25) is 4.79 Å². The molecule has 45 valence electrons. The van der Waals surface area contributed by atoms with Crippen molar-refractivity contribution in [2.45, 2.75) is 25.8 Å². The quantitative estimate of drug-likeness (QED) is 0.516. The summed E-state index contributed by atoms with van der Waals surface area (Å²) in [7, 11) is 0. The summed E-state index contributed by atoms with van der Waals surface area (Å²) in [5.74, 6) is 0.431. The molecule has 0 aromatic rings. The minimum atomic E-state index is -0.407. The largest absolute Gasteiger partial charge is 0.298 e. The van der Waals surface area contributed by atoms with Crippen molar-refractivity contribution in [2.24, 2.45) is 5.92 Å². The Balaban J connectivity index is 2.32. The van der Waals surface area contributed by atoms with E-state index in [1.807, 2.05) is 0 Å². The Morgan fingerprint density at radius 1 is 1.75 bits per heavy atom. The lowest BCUT2D eigenvalue weighted by Gasteiger charge is -2.00. The Hall–Kier alpha value is -0.370. The predicted molar refractivity (Wildman–Crippen MR) is 30.3 cm³/mol. The van der Waals surface area contributed by atoms with Gasteiger partial charge in [0.05, 0.1) is 6.04 Å². The summed E-state index contributed by atoms with van der Waals surface area (Å²) in [6, 6.07) is -0.407. The van der Waals surface area contributed by atoms with E-state index in [0.29, 0.717) is 5.92 Å². The van der Waals surface area contributed by atoms with Crippen LogP contribution in [0.1, 0.15) is 19.8 Å². The second-order valence-corrected chi connectivity index (χ2v) is 2.43. The second kappa shape index (κ2) is 1.86. The van der Waals surface area contributed by atoms with Crippen LogP contribution in [0.25, 0.3) is 0 Å². The highest BCUT2D eigenvalue weighted by Gasteiger charge is 2.31. The molecule has 1 atom stereocenters. The van der Waals surface area contributed by atoms with E-state index in [4.69, 9.17) is 5.73 Å². The van der Waals surface area contributed by atoms with Crippen LogP contribution in [0.15, 0.2) is 0 Å². The maximum absolute atomic E-state index is 10.4. The number of nitrogens with one attached hydrogen (secondary N) is 1. The molecule has 0 aliphatic heterocycles. The van der Waals surface area contributed by atoms with Crippen LogP contribution in [-0.2, 0) is 4.79 Å². The van der Waals surface area contributed by atoms with E-state index in [9.17, 15) is 4.79 Å². The van der Waals surface area contributed by atoms with Gasteiger partial charge in [0, 0.05) is 0 Å². The summed E-state index contributed by atoms with van der Waals surface area (Å²) in [4.78, 5) is 10.4. The average Bonchev–Trinajstić information content (AvgIpc) is 2.43. The Labute approximate surface area is 49.1 Å². The molecule has 0 aromatic heterocycles. The van der Waals surface area contributed by atoms with Gasteiger partial charge >= 0.3 is 0 Å². The van der Waals surface area contributed by atoms with Crippen LogP contribution in [0.3, 0.4) is 0 Å². The molecule has 0 amide bonds. The summed E-state index contributed by atoms with van der Waals surface area (Å²) in [6.07, 6.45) is 2.18. The molecule has 0 spiro atoms. The third-order valence-corrected chi connectivity index (χ3v) is 1.53. The van der Waals surface area contributed by atoms with Crippen molar-refractivity contribution in [1.82, 2.24) is 5.73 Å². The van der Waals surface area contributed by atoms with Gasteiger partial charge in [0.25, 0.3) is 0 Å². The zero-order valence-corrected chi connectivity index (χ0v) is 4.98. The van der Waals surface area contributed by atoms with Crippen molar-refractivity contribution in [1.29, 1.82) is 0 Å². The third kappa shape index (κ3) is 1.07. The lowest BCUT2D eigenvalue weighted by atomic mass is 10.1.